The zero-order valence-electron chi connectivity index (χ0n) is 14.6. The number of hydrogen-bond acceptors (Lipinski definition) is 2. The quantitative estimate of drug-likeness (QED) is 0.524. The van der Waals surface area contributed by atoms with E-state index in [-0.39, 0.29) is 5.92 Å². The second-order valence-electron chi connectivity index (χ2n) is 6.93. The Balaban J connectivity index is 1.62. The van der Waals surface area contributed by atoms with Crippen LogP contribution in [0.2, 0.25) is 0 Å². The van der Waals surface area contributed by atoms with Crippen molar-refractivity contribution in [2.75, 3.05) is 0 Å². The fourth-order valence-corrected chi connectivity index (χ4v) is 3.04. The lowest BCUT2D eigenvalue weighted by atomic mass is 9.95. The van der Waals surface area contributed by atoms with Crippen LogP contribution < -0.4 is 5.32 Å². The lowest BCUT2D eigenvalue weighted by molar-refractivity contribution is -0.139. The highest BCUT2D eigenvalue weighted by molar-refractivity contribution is 5.86. The average Bonchev–Trinajstić information content (AvgIpc) is 2.85. The molecule has 1 aliphatic heterocycles. The smallest absolute Gasteiger partial charge is 0.326 e. The molecule has 0 aromatic heterocycles. The van der Waals surface area contributed by atoms with Crippen molar-refractivity contribution < 1.29 is 18.7 Å². The lowest BCUT2D eigenvalue weighted by Crippen LogP contribution is -2.30. The van der Waals surface area contributed by atoms with Crippen molar-refractivity contribution in [3.8, 4) is 0 Å². The molecule has 1 aromatic rings. The minimum atomic E-state index is -3.30. The summed E-state index contributed by atoms with van der Waals surface area (Å²) < 4.78 is 26.2. The molecule has 0 bridgehead atoms. The van der Waals surface area contributed by atoms with Crippen LogP contribution in [0.5, 0.6) is 0 Å². The molecule has 1 fully saturated rings. The van der Waals surface area contributed by atoms with E-state index in [1.54, 1.807) is 0 Å². The van der Waals surface area contributed by atoms with Gasteiger partial charge in [-0.25, -0.2) is 0 Å². The number of nitrogens with one attached hydrogen (secondary N) is 1. The number of rotatable bonds is 9. The number of carbonyl (C=O) groups excluding carboxylic acids is 1. The summed E-state index contributed by atoms with van der Waals surface area (Å²) >= 11 is 0. The van der Waals surface area contributed by atoms with Crippen molar-refractivity contribution in [2.24, 2.45) is 5.92 Å². The summed E-state index contributed by atoms with van der Waals surface area (Å²) in [5, 5.41) is 12.3. The molecule has 0 spiro atoms. The van der Waals surface area contributed by atoms with Gasteiger partial charge in [-0.15, -0.1) is 0 Å². The molecule has 0 saturated carbocycles. The summed E-state index contributed by atoms with van der Waals surface area (Å²) in [5.41, 5.74) is 1.34. The summed E-state index contributed by atoms with van der Waals surface area (Å²) in [7, 11) is 0. The molecule has 1 saturated heterocycles. The van der Waals surface area contributed by atoms with Gasteiger partial charge in [0.2, 0.25) is 0 Å². The van der Waals surface area contributed by atoms with E-state index in [0.717, 1.165) is 32.1 Å². The van der Waals surface area contributed by atoms with Crippen molar-refractivity contribution in [1.82, 2.24) is 5.32 Å². The number of alkyl halides is 2. The van der Waals surface area contributed by atoms with Gasteiger partial charge in [-0.2, -0.15) is 8.78 Å². The first-order valence-corrected chi connectivity index (χ1v) is 8.97. The first kappa shape index (κ1) is 19.6. The van der Waals surface area contributed by atoms with Gasteiger partial charge < -0.3 is 10.4 Å². The Morgan fingerprint density at radius 1 is 1.28 bits per heavy atom. The molecule has 0 unspecified atom stereocenters. The van der Waals surface area contributed by atoms with Gasteiger partial charge >= 0.3 is 5.92 Å². The minimum Gasteiger partial charge on any atom is -0.389 e. The zero-order chi connectivity index (χ0) is 18.3. The number of unbranched alkanes of at least 4 members (excludes halogenated alkanes) is 2. The number of aryl methyl sites for hydroxylation is 1. The van der Waals surface area contributed by atoms with Crippen molar-refractivity contribution in [2.45, 2.75) is 63.5 Å². The fraction of sp³-hybridized carbons (Fsp3) is 0.550. The summed E-state index contributed by atoms with van der Waals surface area (Å²) in [6.45, 7) is 1.95. The standard InChI is InChI=1S/C20H27F2NO2/c1-15(8-4-2-5-9-16-10-6-3-7-11-16)18(24)13-12-17-14-20(21,22)19(25)23-17/h3,6-7,10-13,15,17-18,24H,2,4-5,8-9,14H2,1H3,(H,23,25)/b13-12+/t15-,17-,18+/m0/s1. The molecular formula is C20H27F2NO2. The summed E-state index contributed by atoms with van der Waals surface area (Å²) in [6.07, 6.45) is 6.98. The number of amides is 1. The number of aliphatic hydroxyl groups excluding tert-OH is 1. The van der Waals surface area contributed by atoms with Crippen LogP contribution in [0.1, 0.15) is 44.6 Å². The number of carbonyl (C=O) groups is 1. The molecule has 2 N–H and O–H groups in total. The molecule has 0 radical (unpaired) electrons. The lowest BCUT2D eigenvalue weighted by Gasteiger charge is -2.16. The highest BCUT2D eigenvalue weighted by atomic mass is 19.3. The Kier molecular flexibility index (Phi) is 7.12. The monoisotopic (exact) mass is 351 g/mol. The second kappa shape index (κ2) is 9.09. The van der Waals surface area contributed by atoms with Gasteiger partial charge in [0.25, 0.3) is 5.91 Å². The molecule has 3 atom stereocenters. The van der Waals surface area contributed by atoms with Gasteiger partial charge in [0, 0.05) is 6.42 Å². The molecular weight excluding hydrogens is 324 g/mol. The Morgan fingerprint density at radius 2 is 2.00 bits per heavy atom. The van der Waals surface area contributed by atoms with Gasteiger partial charge in [-0.05, 0) is 30.7 Å². The first-order chi connectivity index (χ1) is 11.9. The fourth-order valence-electron chi connectivity index (χ4n) is 3.04. The Bertz CT molecular complexity index is 574. The van der Waals surface area contributed by atoms with Crippen LogP contribution in [-0.2, 0) is 11.2 Å². The first-order valence-electron chi connectivity index (χ1n) is 8.97. The van der Waals surface area contributed by atoms with Crippen molar-refractivity contribution in [3.63, 3.8) is 0 Å². The Morgan fingerprint density at radius 3 is 2.64 bits per heavy atom. The van der Waals surface area contributed by atoms with Gasteiger partial charge in [0.15, 0.2) is 0 Å². The molecule has 1 aromatic carbocycles. The molecule has 25 heavy (non-hydrogen) atoms. The van der Waals surface area contributed by atoms with E-state index >= 15 is 0 Å². The van der Waals surface area contributed by atoms with Crippen LogP contribution in [0.3, 0.4) is 0 Å². The van der Waals surface area contributed by atoms with Crippen molar-refractivity contribution in [1.29, 1.82) is 0 Å². The highest BCUT2D eigenvalue weighted by Crippen LogP contribution is 2.27. The zero-order valence-corrected chi connectivity index (χ0v) is 14.6. The van der Waals surface area contributed by atoms with E-state index in [1.807, 2.05) is 25.1 Å². The molecule has 2 rings (SSSR count). The van der Waals surface area contributed by atoms with Crippen LogP contribution in [0, 0.1) is 5.92 Å². The highest BCUT2D eigenvalue weighted by Gasteiger charge is 2.47. The van der Waals surface area contributed by atoms with Crippen LogP contribution in [0.4, 0.5) is 8.78 Å². The molecule has 1 aliphatic rings. The molecule has 138 valence electrons. The number of benzene rings is 1. The van der Waals surface area contributed by atoms with E-state index < -0.39 is 30.4 Å². The van der Waals surface area contributed by atoms with Crippen LogP contribution in [0.25, 0.3) is 0 Å². The number of halogens is 2. The van der Waals surface area contributed by atoms with Gasteiger partial charge in [0.05, 0.1) is 12.1 Å². The average molecular weight is 351 g/mol. The molecule has 3 nitrogen and oxygen atoms in total. The summed E-state index contributed by atoms with van der Waals surface area (Å²) in [6, 6.07) is 9.66. The normalized spacial score (nSPS) is 22.1. The van der Waals surface area contributed by atoms with E-state index in [2.05, 4.69) is 17.4 Å². The topological polar surface area (TPSA) is 49.3 Å². The van der Waals surface area contributed by atoms with Crippen LogP contribution in [-0.4, -0.2) is 29.1 Å². The SMILES string of the molecule is C[C@@H](CCCCCc1ccccc1)[C@H](O)/C=C/[C@H]1CC(F)(F)C(=O)N1. The predicted molar refractivity (Wildman–Crippen MR) is 94.4 cm³/mol. The van der Waals surface area contributed by atoms with Gasteiger partial charge in [0.1, 0.15) is 0 Å². The van der Waals surface area contributed by atoms with E-state index in [1.165, 1.54) is 17.7 Å². The molecule has 1 amide bonds. The third-order valence-corrected chi connectivity index (χ3v) is 4.72. The predicted octanol–water partition coefficient (Wildman–Crippen LogP) is 3.87. The number of hydrogen-bond donors (Lipinski definition) is 2. The van der Waals surface area contributed by atoms with Crippen molar-refractivity contribution in [3.05, 3.63) is 48.0 Å². The maximum absolute atomic E-state index is 13.1. The molecule has 5 heteroatoms. The van der Waals surface area contributed by atoms with Gasteiger partial charge in [-0.3, -0.25) is 4.79 Å². The third kappa shape index (κ3) is 6.24. The van der Waals surface area contributed by atoms with E-state index in [9.17, 15) is 18.7 Å². The molecule has 0 aliphatic carbocycles. The maximum Gasteiger partial charge on any atom is 0.326 e. The van der Waals surface area contributed by atoms with Gasteiger partial charge in [-0.1, -0.05) is 62.2 Å². The minimum absolute atomic E-state index is 0.0607. The van der Waals surface area contributed by atoms with E-state index in [0.29, 0.717) is 0 Å². The van der Waals surface area contributed by atoms with Crippen LogP contribution >= 0.6 is 0 Å². The largest absolute Gasteiger partial charge is 0.389 e. The Labute approximate surface area is 148 Å². The van der Waals surface area contributed by atoms with Crippen molar-refractivity contribution >= 4 is 5.91 Å². The Hall–Kier alpha value is -1.75. The summed E-state index contributed by atoms with van der Waals surface area (Å²) in [5.74, 6) is -4.47. The summed E-state index contributed by atoms with van der Waals surface area (Å²) in [4.78, 5) is 11.0. The number of aliphatic hydroxyl groups is 1. The maximum atomic E-state index is 13.1. The molecule has 1 heterocycles. The van der Waals surface area contributed by atoms with Crippen LogP contribution in [0.15, 0.2) is 42.5 Å². The third-order valence-electron chi connectivity index (χ3n) is 4.72. The second-order valence-corrected chi connectivity index (χ2v) is 6.93. The van der Waals surface area contributed by atoms with E-state index in [4.69, 9.17) is 0 Å².